The van der Waals surface area contributed by atoms with Gasteiger partial charge in [0.15, 0.2) is 0 Å². The van der Waals surface area contributed by atoms with Crippen LogP contribution in [0.2, 0.25) is 0 Å². The Morgan fingerprint density at radius 3 is 2.69 bits per heavy atom. The van der Waals surface area contributed by atoms with E-state index in [-0.39, 0.29) is 11.7 Å². The quantitative estimate of drug-likeness (QED) is 0.711. The molecular weight excluding hydrogens is 202 g/mol. The van der Waals surface area contributed by atoms with Crippen LogP contribution in [-0.4, -0.2) is 18.2 Å². The molecule has 1 aliphatic rings. The van der Waals surface area contributed by atoms with Gasteiger partial charge in [-0.05, 0) is 38.0 Å². The van der Waals surface area contributed by atoms with Crippen molar-refractivity contribution in [1.29, 1.82) is 0 Å². The smallest absolute Gasteiger partial charge is 0.242 e. The SMILES string of the molecule is CCN1C(=O)C(C(C)=O)c2ccc(C)cc21. The van der Waals surface area contributed by atoms with E-state index in [0.29, 0.717) is 6.54 Å². The number of hydrogen-bond donors (Lipinski definition) is 0. The standard InChI is InChI=1S/C13H15NO2/c1-4-14-11-7-8(2)5-6-10(11)12(9(3)15)13(14)16/h5-7,12H,4H2,1-3H3. The molecule has 0 aromatic heterocycles. The van der Waals surface area contributed by atoms with Crippen molar-refractivity contribution in [2.24, 2.45) is 0 Å². The number of ketones is 1. The van der Waals surface area contributed by atoms with Gasteiger partial charge >= 0.3 is 0 Å². The Morgan fingerprint density at radius 2 is 2.12 bits per heavy atom. The van der Waals surface area contributed by atoms with Crippen molar-refractivity contribution in [3.63, 3.8) is 0 Å². The highest BCUT2D eigenvalue weighted by Gasteiger charge is 2.39. The van der Waals surface area contributed by atoms with Gasteiger partial charge in [0.05, 0.1) is 0 Å². The van der Waals surface area contributed by atoms with E-state index in [4.69, 9.17) is 0 Å². The van der Waals surface area contributed by atoms with E-state index in [0.717, 1.165) is 16.8 Å². The van der Waals surface area contributed by atoms with Crippen molar-refractivity contribution >= 4 is 17.4 Å². The highest BCUT2D eigenvalue weighted by molar-refractivity contribution is 6.17. The lowest BCUT2D eigenvalue weighted by molar-refractivity contribution is -0.127. The first kappa shape index (κ1) is 10.9. The van der Waals surface area contributed by atoms with Gasteiger partial charge in [0.2, 0.25) is 5.91 Å². The minimum atomic E-state index is -0.587. The number of likely N-dealkylation sites (N-methyl/N-ethyl adjacent to an activating group) is 1. The third-order valence-electron chi connectivity index (χ3n) is 3.02. The molecule has 0 N–H and O–H groups in total. The summed E-state index contributed by atoms with van der Waals surface area (Å²) in [4.78, 5) is 25.3. The van der Waals surface area contributed by atoms with Crippen molar-refractivity contribution in [3.8, 4) is 0 Å². The van der Waals surface area contributed by atoms with Crippen molar-refractivity contribution in [3.05, 3.63) is 29.3 Å². The minimum absolute atomic E-state index is 0.0777. The fourth-order valence-electron chi connectivity index (χ4n) is 2.26. The van der Waals surface area contributed by atoms with E-state index in [1.54, 1.807) is 4.90 Å². The molecular formula is C13H15NO2. The fourth-order valence-corrected chi connectivity index (χ4v) is 2.26. The Hall–Kier alpha value is -1.64. The number of rotatable bonds is 2. The zero-order valence-electron chi connectivity index (χ0n) is 9.78. The predicted octanol–water partition coefficient (Wildman–Crippen LogP) is 2.03. The van der Waals surface area contributed by atoms with Crippen LogP contribution in [0.4, 0.5) is 5.69 Å². The molecule has 0 saturated carbocycles. The van der Waals surface area contributed by atoms with E-state index < -0.39 is 5.92 Å². The lowest BCUT2D eigenvalue weighted by Crippen LogP contribution is -2.30. The van der Waals surface area contributed by atoms with Gasteiger partial charge in [-0.25, -0.2) is 0 Å². The summed E-state index contributed by atoms with van der Waals surface area (Å²) in [5.74, 6) is -0.753. The van der Waals surface area contributed by atoms with Gasteiger partial charge in [-0.3, -0.25) is 9.59 Å². The Labute approximate surface area is 95.1 Å². The third-order valence-corrected chi connectivity index (χ3v) is 3.02. The van der Waals surface area contributed by atoms with E-state index in [1.807, 2.05) is 32.0 Å². The first-order valence-corrected chi connectivity index (χ1v) is 5.48. The summed E-state index contributed by atoms with van der Waals surface area (Å²) >= 11 is 0. The molecule has 2 rings (SSSR count). The average molecular weight is 217 g/mol. The van der Waals surface area contributed by atoms with Crippen LogP contribution in [0.25, 0.3) is 0 Å². The summed E-state index contributed by atoms with van der Waals surface area (Å²) in [6, 6.07) is 5.81. The van der Waals surface area contributed by atoms with Crippen LogP contribution in [0.1, 0.15) is 30.9 Å². The largest absolute Gasteiger partial charge is 0.311 e. The molecule has 3 heteroatoms. The van der Waals surface area contributed by atoms with E-state index >= 15 is 0 Å². The zero-order valence-corrected chi connectivity index (χ0v) is 9.78. The number of hydrogen-bond acceptors (Lipinski definition) is 2. The molecule has 0 aliphatic carbocycles. The van der Waals surface area contributed by atoms with Crippen LogP contribution in [-0.2, 0) is 9.59 Å². The molecule has 0 spiro atoms. The van der Waals surface area contributed by atoms with Gasteiger partial charge in [-0.15, -0.1) is 0 Å². The molecule has 1 amide bonds. The molecule has 16 heavy (non-hydrogen) atoms. The number of fused-ring (bicyclic) bond motifs is 1. The highest BCUT2D eigenvalue weighted by atomic mass is 16.2. The Morgan fingerprint density at radius 1 is 1.44 bits per heavy atom. The van der Waals surface area contributed by atoms with E-state index in [2.05, 4.69) is 0 Å². The second-order valence-corrected chi connectivity index (χ2v) is 4.19. The Bertz CT molecular complexity index is 465. The highest BCUT2D eigenvalue weighted by Crippen LogP contribution is 2.38. The molecule has 0 bridgehead atoms. The average Bonchev–Trinajstić information content (AvgIpc) is 2.49. The first-order chi connectivity index (χ1) is 7.56. The summed E-state index contributed by atoms with van der Waals surface area (Å²) in [6.45, 7) is 6.00. The van der Waals surface area contributed by atoms with Crippen molar-refractivity contribution in [1.82, 2.24) is 0 Å². The van der Waals surface area contributed by atoms with Crippen LogP contribution >= 0.6 is 0 Å². The number of carbonyl (C=O) groups excluding carboxylic acids is 2. The van der Waals surface area contributed by atoms with Crippen LogP contribution < -0.4 is 4.90 Å². The number of carbonyl (C=O) groups is 2. The number of aryl methyl sites for hydroxylation is 1. The molecule has 84 valence electrons. The second-order valence-electron chi connectivity index (χ2n) is 4.19. The second kappa shape index (κ2) is 3.74. The molecule has 1 aliphatic heterocycles. The van der Waals surface area contributed by atoms with Crippen molar-refractivity contribution < 1.29 is 9.59 Å². The van der Waals surface area contributed by atoms with Gasteiger partial charge < -0.3 is 4.90 Å². The fraction of sp³-hybridized carbons (Fsp3) is 0.385. The molecule has 1 heterocycles. The van der Waals surface area contributed by atoms with Gasteiger partial charge in [0.25, 0.3) is 0 Å². The summed E-state index contributed by atoms with van der Waals surface area (Å²) in [5, 5.41) is 0. The molecule has 1 atom stereocenters. The Kier molecular flexibility index (Phi) is 2.54. The number of benzene rings is 1. The predicted molar refractivity (Wildman–Crippen MR) is 62.6 cm³/mol. The van der Waals surface area contributed by atoms with Gasteiger partial charge in [-0.1, -0.05) is 12.1 Å². The van der Waals surface area contributed by atoms with Crippen LogP contribution in [0, 0.1) is 6.92 Å². The third kappa shape index (κ3) is 1.43. The number of Topliss-reactive ketones (excluding diaryl/α,β-unsaturated/α-hetero) is 1. The van der Waals surface area contributed by atoms with Gasteiger partial charge in [0.1, 0.15) is 11.7 Å². The first-order valence-electron chi connectivity index (χ1n) is 5.48. The molecule has 0 radical (unpaired) electrons. The summed E-state index contributed by atoms with van der Waals surface area (Å²) in [7, 11) is 0. The lowest BCUT2D eigenvalue weighted by atomic mass is 9.96. The molecule has 3 nitrogen and oxygen atoms in total. The van der Waals surface area contributed by atoms with E-state index in [1.165, 1.54) is 6.92 Å². The maximum absolute atomic E-state index is 12.1. The summed E-state index contributed by atoms with van der Waals surface area (Å²) < 4.78 is 0. The van der Waals surface area contributed by atoms with Crippen molar-refractivity contribution in [2.75, 3.05) is 11.4 Å². The summed E-state index contributed by atoms with van der Waals surface area (Å²) in [5.41, 5.74) is 2.85. The molecule has 1 aromatic carbocycles. The normalized spacial score (nSPS) is 18.8. The number of nitrogens with zero attached hydrogens (tertiary/aromatic N) is 1. The molecule has 0 saturated heterocycles. The minimum Gasteiger partial charge on any atom is -0.311 e. The maximum atomic E-state index is 12.1. The number of anilines is 1. The molecule has 1 unspecified atom stereocenters. The maximum Gasteiger partial charge on any atom is 0.242 e. The molecule has 0 fully saturated rings. The van der Waals surface area contributed by atoms with Crippen molar-refractivity contribution in [2.45, 2.75) is 26.7 Å². The number of amides is 1. The lowest BCUT2D eigenvalue weighted by Gasteiger charge is -2.14. The summed E-state index contributed by atoms with van der Waals surface area (Å²) in [6.07, 6.45) is 0. The molecule has 1 aromatic rings. The van der Waals surface area contributed by atoms with Gasteiger partial charge in [-0.2, -0.15) is 0 Å². The zero-order chi connectivity index (χ0) is 11.9. The topological polar surface area (TPSA) is 37.4 Å². The Balaban J connectivity index is 2.59. The van der Waals surface area contributed by atoms with Crippen LogP contribution in [0.15, 0.2) is 18.2 Å². The van der Waals surface area contributed by atoms with Crippen LogP contribution in [0.5, 0.6) is 0 Å². The van der Waals surface area contributed by atoms with Crippen LogP contribution in [0.3, 0.4) is 0 Å². The van der Waals surface area contributed by atoms with Gasteiger partial charge in [0, 0.05) is 12.2 Å². The van der Waals surface area contributed by atoms with E-state index in [9.17, 15) is 9.59 Å². The monoisotopic (exact) mass is 217 g/mol.